The maximum atomic E-state index is 11.0. The highest BCUT2D eigenvalue weighted by Crippen LogP contribution is 1.86. The lowest BCUT2D eigenvalue weighted by molar-refractivity contribution is -0.130. The van der Waals surface area contributed by atoms with E-state index in [1.165, 1.54) is 7.11 Å². The van der Waals surface area contributed by atoms with Crippen molar-refractivity contribution in [1.29, 1.82) is 0 Å². The van der Waals surface area contributed by atoms with E-state index >= 15 is 0 Å². The molecule has 1 unspecified atom stereocenters. The molecule has 0 aliphatic heterocycles. The standard InChI is InChI=1S/C7H16N2O2/c1-6(11-2)7(10)9-5-3-4-8/h6H,3-5,8H2,1-2H3,(H,9,10). The van der Waals surface area contributed by atoms with E-state index < -0.39 is 0 Å². The normalized spacial score (nSPS) is 12.6. The first-order valence-corrected chi connectivity index (χ1v) is 3.73. The van der Waals surface area contributed by atoms with Gasteiger partial charge in [-0.1, -0.05) is 0 Å². The van der Waals surface area contributed by atoms with Crippen molar-refractivity contribution in [3.8, 4) is 0 Å². The Morgan fingerprint density at radius 1 is 1.73 bits per heavy atom. The molecule has 0 aliphatic carbocycles. The van der Waals surface area contributed by atoms with Gasteiger partial charge >= 0.3 is 0 Å². The summed E-state index contributed by atoms with van der Waals surface area (Å²) in [6.07, 6.45) is 0.440. The van der Waals surface area contributed by atoms with Crippen molar-refractivity contribution in [2.24, 2.45) is 5.73 Å². The average Bonchev–Trinajstić information content (AvgIpc) is 2.03. The highest BCUT2D eigenvalue weighted by molar-refractivity contribution is 5.80. The van der Waals surface area contributed by atoms with Crippen LogP contribution in [0.3, 0.4) is 0 Å². The van der Waals surface area contributed by atoms with Gasteiger partial charge in [0.25, 0.3) is 0 Å². The monoisotopic (exact) mass is 160 g/mol. The first-order valence-electron chi connectivity index (χ1n) is 3.73. The molecule has 1 amide bonds. The van der Waals surface area contributed by atoms with E-state index in [2.05, 4.69) is 5.32 Å². The van der Waals surface area contributed by atoms with Crippen molar-refractivity contribution < 1.29 is 9.53 Å². The van der Waals surface area contributed by atoms with Gasteiger partial charge in [0, 0.05) is 13.7 Å². The van der Waals surface area contributed by atoms with Gasteiger partial charge in [0.05, 0.1) is 0 Å². The van der Waals surface area contributed by atoms with E-state index in [0.29, 0.717) is 13.1 Å². The third-order valence-electron chi connectivity index (χ3n) is 1.40. The molecule has 11 heavy (non-hydrogen) atoms. The Balaban J connectivity index is 3.36. The molecule has 0 radical (unpaired) electrons. The number of nitrogens with one attached hydrogen (secondary N) is 1. The van der Waals surface area contributed by atoms with Gasteiger partial charge in [-0.3, -0.25) is 4.79 Å². The minimum atomic E-state index is -0.368. The van der Waals surface area contributed by atoms with E-state index in [1.54, 1.807) is 6.92 Å². The predicted octanol–water partition coefficient (Wildman–Crippen LogP) is -0.514. The third-order valence-corrected chi connectivity index (χ3v) is 1.40. The van der Waals surface area contributed by atoms with Crippen LogP contribution in [0.25, 0.3) is 0 Å². The van der Waals surface area contributed by atoms with E-state index in [1.807, 2.05) is 0 Å². The zero-order valence-corrected chi connectivity index (χ0v) is 7.09. The summed E-state index contributed by atoms with van der Waals surface area (Å²) >= 11 is 0. The Morgan fingerprint density at radius 3 is 2.82 bits per heavy atom. The number of carbonyl (C=O) groups is 1. The van der Waals surface area contributed by atoms with Crippen LogP contribution < -0.4 is 11.1 Å². The van der Waals surface area contributed by atoms with Crippen LogP contribution in [0.4, 0.5) is 0 Å². The number of hydrogen-bond acceptors (Lipinski definition) is 3. The Bertz CT molecular complexity index is 117. The van der Waals surface area contributed by atoms with Crippen LogP contribution in [-0.4, -0.2) is 32.2 Å². The molecule has 0 aliphatic rings. The van der Waals surface area contributed by atoms with Crippen molar-refractivity contribution in [3.63, 3.8) is 0 Å². The molecule has 0 aromatic rings. The second-order valence-electron chi connectivity index (χ2n) is 2.31. The third kappa shape index (κ3) is 4.75. The zero-order chi connectivity index (χ0) is 8.69. The fourth-order valence-electron chi connectivity index (χ4n) is 0.564. The van der Waals surface area contributed by atoms with E-state index in [9.17, 15) is 4.79 Å². The molecule has 0 aromatic carbocycles. The maximum absolute atomic E-state index is 11.0. The summed E-state index contributed by atoms with van der Waals surface area (Å²) in [5.41, 5.74) is 5.24. The first-order chi connectivity index (χ1) is 5.22. The predicted molar refractivity (Wildman–Crippen MR) is 43.2 cm³/mol. The molecule has 4 nitrogen and oxygen atoms in total. The average molecular weight is 160 g/mol. The van der Waals surface area contributed by atoms with Crippen molar-refractivity contribution in [1.82, 2.24) is 5.32 Å². The minimum absolute atomic E-state index is 0.0825. The van der Waals surface area contributed by atoms with Crippen LogP contribution in [0, 0.1) is 0 Å². The summed E-state index contributed by atoms with van der Waals surface area (Å²) in [4.78, 5) is 11.0. The van der Waals surface area contributed by atoms with Crippen molar-refractivity contribution >= 4 is 5.91 Å². The number of methoxy groups -OCH3 is 1. The molecule has 0 bridgehead atoms. The Labute approximate surface area is 67.1 Å². The number of rotatable bonds is 5. The Morgan fingerprint density at radius 2 is 2.36 bits per heavy atom. The van der Waals surface area contributed by atoms with Gasteiger partial charge < -0.3 is 15.8 Å². The van der Waals surface area contributed by atoms with E-state index in [-0.39, 0.29) is 12.0 Å². The maximum Gasteiger partial charge on any atom is 0.248 e. The second kappa shape index (κ2) is 6.12. The number of ether oxygens (including phenoxy) is 1. The van der Waals surface area contributed by atoms with Gasteiger partial charge in [-0.05, 0) is 19.9 Å². The number of amides is 1. The van der Waals surface area contributed by atoms with Crippen LogP contribution in [0.2, 0.25) is 0 Å². The topological polar surface area (TPSA) is 64.3 Å². The second-order valence-corrected chi connectivity index (χ2v) is 2.31. The number of carbonyl (C=O) groups excluding carboxylic acids is 1. The molecule has 0 fully saturated rings. The molecule has 0 saturated heterocycles. The van der Waals surface area contributed by atoms with Gasteiger partial charge in [-0.25, -0.2) is 0 Å². The Kier molecular flexibility index (Phi) is 5.78. The summed E-state index contributed by atoms with van der Waals surface area (Å²) < 4.78 is 4.80. The van der Waals surface area contributed by atoms with Gasteiger partial charge in [0.2, 0.25) is 5.91 Å². The number of hydrogen-bond donors (Lipinski definition) is 2. The summed E-state index contributed by atoms with van der Waals surface area (Å²) in [5, 5.41) is 2.69. The summed E-state index contributed by atoms with van der Waals surface area (Å²) in [6.45, 7) is 2.93. The molecule has 66 valence electrons. The smallest absolute Gasteiger partial charge is 0.248 e. The molecule has 0 aromatic heterocycles. The summed E-state index contributed by atoms with van der Waals surface area (Å²) in [7, 11) is 1.51. The largest absolute Gasteiger partial charge is 0.372 e. The lowest BCUT2D eigenvalue weighted by Gasteiger charge is -2.09. The molecule has 0 spiro atoms. The summed E-state index contributed by atoms with van der Waals surface area (Å²) in [6, 6.07) is 0. The van der Waals surface area contributed by atoms with E-state index in [4.69, 9.17) is 10.5 Å². The highest BCUT2D eigenvalue weighted by Gasteiger charge is 2.08. The van der Waals surface area contributed by atoms with Gasteiger partial charge in [-0.2, -0.15) is 0 Å². The molecule has 3 N–H and O–H groups in total. The fraction of sp³-hybridized carbons (Fsp3) is 0.857. The van der Waals surface area contributed by atoms with Crippen molar-refractivity contribution in [2.45, 2.75) is 19.4 Å². The lowest BCUT2D eigenvalue weighted by Crippen LogP contribution is -2.34. The van der Waals surface area contributed by atoms with Crippen molar-refractivity contribution in [3.05, 3.63) is 0 Å². The molecule has 0 saturated carbocycles. The molecular weight excluding hydrogens is 144 g/mol. The number of nitrogens with two attached hydrogens (primary N) is 1. The van der Waals surface area contributed by atoms with Crippen LogP contribution in [0.1, 0.15) is 13.3 Å². The SMILES string of the molecule is COC(C)C(=O)NCCCN. The van der Waals surface area contributed by atoms with Crippen LogP contribution in [0.15, 0.2) is 0 Å². The van der Waals surface area contributed by atoms with Gasteiger partial charge in [-0.15, -0.1) is 0 Å². The van der Waals surface area contributed by atoms with Crippen molar-refractivity contribution in [2.75, 3.05) is 20.2 Å². The quantitative estimate of drug-likeness (QED) is 0.532. The molecule has 1 atom stereocenters. The first kappa shape index (κ1) is 10.4. The lowest BCUT2D eigenvalue weighted by atomic mass is 10.3. The molecule has 0 heterocycles. The van der Waals surface area contributed by atoms with Crippen LogP contribution in [-0.2, 0) is 9.53 Å². The molecular formula is C7H16N2O2. The minimum Gasteiger partial charge on any atom is -0.372 e. The molecule has 0 rings (SSSR count). The van der Waals surface area contributed by atoms with E-state index in [0.717, 1.165) is 6.42 Å². The zero-order valence-electron chi connectivity index (χ0n) is 7.09. The van der Waals surface area contributed by atoms with Crippen LogP contribution in [0.5, 0.6) is 0 Å². The van der Waals surface area contributed by atoms with Gasteiger partial charge in [0.15, 0.2) is 0 Å². The Hall–Kier alpha value is -0.610. The summed E-state index contributed by atoms with van der Waals surface area (Å²) in [5.74, 6) is -0.0825. The van der Waals surface area contributed by atoms with Crippen LogP contribution >= 0.6 is 0 Å². The van der Waals surface area contributed by atoms with Gasteiger partial charge in [0.1, 0.15) is 6.10 Å². The highest BCUT2D eigenvalue weighted by atomic mass is 16.5. The molecule has 4 heteroatoms. The fourth-order valence-corrected chi connectivity index (χ4v) is 0.564.